The summed E-state index contributed by atoms with van der Waals surface area (Å²) in [5.74, 6) is -0.810. The van der Waals surface area contributed by atoms with Gasteiger partial charge in [0.25, 0.3) is 5.91 Å². The highest BCUT2D eigenvalue weighted by molar-refractivity contribution is 9.25. The van der Waals surface area contributed by atoms with Crippen molar-refractivity contribution in [1.29, 1.82) is 0 Å². The van der Waals surface area contributed by atoms with Crippen LogP contribution in [0.2, 0.25) is 0 Å². The van der Waals surface area contributed by atoms with Crippen LogP contribution in [-0.2, 0) is 4.79 Å². The van der Waals surface area contributed by atoms with E-state index in [4.69, 9.17) is 0 Å². The minimum Gasteiger partial charge on any atom is -0.323 e. The molecule has 6 heteroatoms. The number of rotatable bonds is 3. The Morgan fingerprint density at radius 1 is 0.958 bits per heavy atom. The Bertz CT molecular complexity index is 874. The number of fused-ring (bicyclic) bond motifs is 2. The van der Waals surface area contributed by atoms with Crippen molar-refractivity contribution in [2.24, 2.45) is 0 Å². The third-order valence-electron chi connectivity index (χ3n) is 3.98. The largest absolute Gasteiger partial charge is 0.323 e. The summed E-state index contributed by atoms with van der Waals surface area (Å²) >= 11 is 6.61. The van der Waals surface area contributed by atoms with Crippen LogP contribution in [0.5, 0.6) is 0 Å². The molecule has 0 aliphatic heterocycles. The zero-order valence-corrected chi connectivity index (χ0v) is 15.9. The first kappa shape index (κ1) is 17.0. The van der Waals surface area contributed by atoms with Crippen LogP contribution in [0.1, 0.15) is 45.2 Å². The highest BCUT2D eigenvalue weighted by Gasteiger charge is 2.34. The van der Waals surface area contributed by atoms with E-state index in [9.17, 15) is 14.4 Å². The fourth-order valence-electron chi connectivity index (χ4n) is 2.62. The van der Waals surface area contributed by atoms with E-state index < -0.39 is 3.23 Å². The third kappa shape index (κ3) is 2.74. The molecule has 0 fully saturated rings. The molecule has 0 spiro atoms. The van der Waals surface area contributed by atoms with Crippen molar-refractivity contribution in [1.82, 2.24) is 0 Å². The van der Waals surface area contributed by atoms with Crippen molar-refractivity contribution >= 4 is 55.0 Å². The molecule has 4 nitrogen and oxygen atoms in total. The second kappa shape index (κ2) is 6.26. The Kier molecular flexibility index (Phi) is 4.44. The summed E-state index contributed by atoms with van der Waals surface area (Å²) in [6.45, 7) is 1.84. The molecule has 24 heavy (non-hydrogen) atoms. The number of hydrogen-bond acceptors (Lipinski definition) is 3. The molecule has 2 aromatic carbocycles. The van der Waals surface area contributed by atoms with Crippen LogP contribution in [0.3, 0.4) is 0 Å². The number of alkyl halides is 2. The zero-order chi connectivity index (χ0) is 17.5. The van der Waals surface area contributed by atoms with Crippen molar-refractivity contribution in [2.45, 2.75) is 16.6 Å². The average molecular weight is 451 g/mol. The number of nitrogens with one attached hydrogen (secondary N) is 1. The first-order valence-electron chi connectivity index (χ1n) is 7.37. The van der Waals surface area contributed by atoms with Crippen LogP contribution < -0.4 is 5.32 Å². The predicted molar refractivity (Wildman–Crippen MR) is 99.3 cm³/mol. The Labute approximate surface area is 155 Å². The molecular weight excluding hydrogens is 438 g/mol. The zero-order valence-electron chi connectivity index (χ0n) is 12.7. The minimum absolute atomic E-state index is 0.212. The molecule has 0 aromatic heterocycles. The Morgan fingerprint density at radius 3 is 2.17 bits per heavy atom. The SMILES string of the molecule is CCC(Br)(Br)C(=O)Nc1cccc2c1C(=O)c1ccccc1C2=O. The molecule has 1 amide bonds. The summed E-state index contributed by atoms with van der Waals surface area (Å²) in [6.07, 6.45) is 0.504. The fraction of sp³-hybridized carbons (Fsp3) is 0.167. The number of amides is 1. The van der Waals surface area contributed by atoms with E-state index in [0.29, 0.717) is 28.8 Å². The van der Waals surface area contributed by atoms with Crippen LogP contribution in [0.4, 0.5) is 5.69 Å². The molecule has 0 atom stereocenters. The predicted octanol–water partition coefficient (Wildman–Crippen LogP) is 4.30. The van der Waals surface area contributed by atoms with Gasteiger partial charge in [-0.3, -0.25) is 14.4 Å². The van der Waals surface area contributed by atoms with Crippen LogP contribution >= 0.6 is 31.9 Å². The standard InChI is InChI=1S/C18H13Br2NO3/c1-2-18(19,20)17(24)21-13-9-5-8-12-14(13)16(23)11-7-4-3-6-10(11)15(12)22/h3-9H,2H2,1H3,(H,21,24). The minimum atomic E-state index is -0.928. The lowest BCUT2D eigenvalue weighted by molar-refractivity contribution is -0.116. The molecule has 0 saturated carbocycles. The lowest BCUT2D eigenvalue weighted by atomic mass is 9.83. The Morgan fingerprint density at radius 2 is 1.54 bits per heavy atom. The molecule has 2 aromatic rings. The Balaban J connectivity index is 2.09. The summed E-state index contributed by atoms with van der Waals surface area (Å²) in [6, 6.07) is 11.6. The van der Waals surface area contributed by atoms with Crippen molar-refractivity contribution in [3.63, 3.8) is 0 Å². The maximum Gasteiger partial charge on any atom is 0.252 e. The van der Waals surface area contributed by atoms with Gasteiger partial charge >= 0.3 is 0 Å². The van der Waals surface area contributed by atoms with Gasteiger partial charge in [-0.15, -0.1) is 0 Å². The van der Waals surface area contributed by atoms with Crippen molar-refractivity contribution in [3.05, 3.63) is 64.7 Å². The molecule has 0 saturated heterocycles. The molecule has 1 aliphatic carbocycles. The van der Waals surface area contributed by atoms with E-state index in [0.717, 1.165) is 0 Å². The van der Waals surface area contributed by atoms with Gasteiger partial charge in [0.15, 0.2) is 14.8 Å². The Hall–Kier alpha value is -1.79. The van der Waals surface area contributed by atoms with Crippen LogP contribution in [0.25, 0.3) is 0 Å². The van der Waals surface area contributed by atoms with Crippen molar-refractivity contribution < 1.29 is 14.4 Å². The molecule has 1 aliphatic rings. The number of carbonyl (C=O) groups is 3. The monoisotopic (exact) mass is 449 g/mol. The summed E-state index contributed by atoms with van der Waals surface area (Å²) in [5.41, 5.74) is 1.63. The number of ketones is 2. The molecule has 1 N–H and O–H groups in total. The maximum atomic E-state index is 12.8. The number of hydrogen-bond donors (Lipinski definition) is 1. The summed E-state index contributed by atoms with van der Waals surface area (Å²) < 4.78 is -0.928. The molecule has 0 unspecified atom stereocenters. The summed E-state index contributed by atoms with van der Waals surface area (Å²) in [4.78, 5) is 37.9. The van der Waals surface area contributed by atoms with E-state index in [1.807, 2.05) is 6.92 Å². The second-order valence-corrected chi connectivity index (χ2v) is 9.22. The van der Waals surface area contributed by atoms with Gasteiger partial charge in [-0.05, 0) is 12.5 Å². The highest BCUT2D eigenvalue weighted by atomic mass is 79.9. The lowest BCUT2D eigenvalue weighted by Crippen LogP contribution is -2.32. The van der Waals surface area contributed by atoms with Crippen LogP contribution in [-0.4, -0.2) is 20.7 Å². The molecule has 0 radical (unpaired) electrons. The topological polar surface area (TPSA) is 63.2 Å². The van der Waals surface area contributed by atoms with Gasteiger partial charge in [-0.25, -0.2) is 0 Å². The second-order valence-electron chi connectivity index (χ2n) is 5.44. The van der Waals surface area contributed by atoms with Crippen molar-refractivity contribution in [2.75, 3.05) is 5.32 Å². The maximum absolute atomic E-state index is 12.8. The quantitative estimate of drug-likeness (QED) is 0.605. The summed E-state index contributed by atoms with van der Waals surface area (Å²) in [7, 11) is 0. The van der Waals surface area contributed by atoms with E-state index in [1.54, 1.807) is 42.5 Å². The lowest BCUT2D eigenvalue weighted by Gasteiger charge is -2.22. The third-order valence-corrected chi connectivity index (χ3v) is 5.82. The first-order valence-corrected chi connectivity index (χ1v) is 8.96. The number of halogens is 2. The first-order chi connectivity index (χ1) is 11.4. The number of anilines is 1. The molecule has 0 heterocycles. The normalized spacial score (nSPS) is 13.3. The van der Waals surface area contributed by atoms with Gasteiger partial charge in [0, 0.05) is 16.7 Å². The van der Waals surface area contributed by atoms with E-state index in [-0.39, 0.29) is 23.0 Å². The molecule has 3 rings (SSSR count). The van der Waals surface area contributed by atoms with Crippen LogP contribution in [0, 0.1) is 0 Å². The van der Waals surface area contributed by atoms with Gasteiger partial charge in [-0.1, -0.05) is 75.2 Å². The van der Waals surface area contributed by atoms with Crippen molar-refractivity contribution in [3.8, 4) is 0 Å². The van der Waals surface area contributed by atoms with E-state index in [1.165, 1.54) is 0 Å². The van der Waals surface area contributed by atoms with Gasteiger partial charge in [0.05, 0.1) is 11.3 Å². The van der Waals surface area contributed by atoms with E-state index in [2.05, 4.69) is 37.2 Å². The van der Waals surface area contributed by atoms with E-state index >= 15 is 0 Å². The highest BCUT2D eigenvalue weighted by Crippen LogP contribution is 2.35. The van der Waals surface area contributed by atoms with Gasteiger partial charge < -0.3 is 5.32 Å². The molecular formula is C18H13Br2NO3. The van der Waals surface area contributed by atoms with Crippen LogP contribution in [0.15, 0.2) is 42.5 Å². The van der Waals surface area contributed by atoms with Gasteiger partial charge in [0.1, 0.15) is 0 Å². The fourth-order valence-corrected chi connectivity index (χ4v) is 2.82. The average Bonchev–Trinajstić information content (AvgIpc) is 2.59. The molecule has 122 valence electrons. The number of benzene rings is 2. The summed E-state index contributed by atoms with van der Waals surface area (Å²) in [5, 5.41) is 2.74. The number of carbonyl (C=O) groups excluding carboxylic acids is 3. The van der Waals surface area contributed by atoms with Gasteiger partial charge in [0.2, 0.25) is 0 Å². The smallest absolute Gasteiger partial charge is 0.252 e. The molecule has 0 bridgehead atoms. The van der Waals surface area contributed by atoms with Gasteiger partial charge in [-0.2, -0.15) is 0 Å².